The van der Waals surface area contributed by atoms with Crippen molar-refractivity contribution >= 4 is 39.8 Å². The van der Waals surface area contributed by atoms with Crippen LogP contribution in [0.2, 0.25) is 0 Å². The number of rotatable bonds is 4. The molecular formula is C9H20IN3O3S. The topological polar surface area (TPSA) is 85.0 Å². The van der Waals surface area contributed by atoms with Gasteiger partial charge in [0.1, 0.15) is 0 Å². The van der Waals surface area contributed by atoms with Crippen LogP contribution in [0.5, 0.6) is 0 Å². The van der Waals surface area contributed by atoms with E-state index in [0.29, 0.717) is 19.2 Å². The van der Waals surface area contributed by atoms with Crippen molar-refractivity contribution in [2.24, 2.45) is 10.7 Å². The summed E-state index contributed by atoms with van der Waals surface area (Å²) in [6.07, 6.45) is 0. The number of aliphatic imine (C=N–C) groups is 1. The lowest BCUT2D eigenvalue weighted by molar-refractivity contribution is 0.0674. The molecule has 2 N–H and O–H groups in total. The van der Waals surface area contributed by atoms with Crippen LogP contribution in [0.1, 0.15) is 6.92 Å². The molecular weight excluding hydrogens is 357 g/mol. The Morgan fingerprint density at radius 1 is 1.41 bits per heavy atom. The number of hydrogen-bond donors (Lipinski definition) is 1. The molecule has 0 aliphatic carbocycles. The highest BCUT2D eigenvalue weighted by atomic mass is 127. The van der Waals surface area contributed by atoms with E-state index in [2.05, 4.69) is 4.99 Å². The summed E-state index contributed by atoms with van der Waals surface area (Å²) in [6, 6.07) is 0. The zero-order valence-electron chi connectivity index (χ0n) is 9.96. The van der Waals surface area contributed by atoms with Crippen LogP contribution >= 0.6 is 24.0 Å². The molecule has 1 fully saturated rings. The molecule has 1 aliphatic rings. The SMILES string of the molecule is CCS(=O)(=O)CCN=C(N)N1CCOCC1.I. The first-order valence-electron chi connectivity index (χ1n) is 5.38. The van der Waals surface area contributed by atoms with E-state index in [1.807, 2.05) is 4.90 Å². The van der Waals surface area contributed by atoms with Gasteiger partial charge in [0.25, 0.3) is 0 Å². The van der Waals surface area contributed by atoms with Gasteiger partial charge in [-0.2, -0.15) is 0 Å². The van der Waals surface area contributed by atoms with Crippen LogP contribution < -0.4 is 5.73 Å². The number of halogens is 1. The maximum absolute atomic E-state index is 11.2. The summed E-state index contributed by atoms with van der Waals surface area (Å²) in [5.41, 5.74) is 5.74. The summed E-state index contributed by atoms with van der Waals surface area (Å²) in [7, 11) is -2.95. The number of hydrogen-bond acceptors (Lipinski definition) is 4. The lowest BCUT2D eigenvalue weighted by atomic mass is 10.4. The Balaban J connectivity index is 0.00000256. The van der Waals surface area contributed by atoms with Crippen LogP contribution in [0.3, 0.4) is 0 Å². The maximum Gasteiger partial charge on any atom is 0.191 e. The minimum Gasteiger partial charge on any atom is -0.378 e. The largest absolute Gasteiger partial charge is 0.378 e. The third kappa shape index (κ3) is 6.41. The Bertz CT molecular complexity index is 339. The second-order valence-electron chi connectivity index (χ2n) is 3.58. The zero-order valence-corrected chi connectivity index (χ0v) is 13.1. The molecule has 1 saturated heterocycles. The Kier molecular flexibility index (Phi) is 8.05. The number of guanidine groups is 1. The van der Waals surface area contributed by atoms with Gasteiger partial charge in [0, 0.05) is 18.8 Å². The second-order valence-corrected chi connectivity index (χ2v) is 6.05. The van der Waals surface area contributed by atoms with E-state index in [9.17, 15) is 8.42 Å². The van der Waals surface area contributed by atoms with E-state index in [0.717, 1.165) is 13.1 Å². The molecule has 0 bridgehead atoms. The normalized spacial score (nSPS) is 17.7. The van der Waals surface area contributed by atoms with Crippen LogP contribution in [-0.2, 0) is 14.6 Å². The molecule has 0 atom stereocenters. The molecule has 0 aromatic rings. The van der Waals surface area contributed by atoms with Crippen molar-refractivity contribution in [3.8, 4) is 0 Å². The predicted octanol–water partition coefficient (Wildman–Crippen LogP) is -0.314. The smallest absolute Gasteiger partial charge is 0.191 e. The summed E-state index contributed by atoms with van der Waals surface area (Å²) >= 11 is 0. The van der Waals surface area contributed by atoms with Crippen LogP contribution in [0.15, 0.2) is 4.99 Å². The Morgan fingerprint density at radius 2 is 2.00 bits per heavy atom. The molecule has 0 spiro atoms. The van der Waals surface area contributed by atoms with Crippen molar-refractivity contribution in [1.82, 2.24) is 4.90 Å². The van der Waals surface area contributed by atoms with Gasteiger partial charge in [-0.1, -0.05) is 6.92 Å². The molecule has 0 saturated carbocycles. The van der Waals surface area contributed by atoms with E-state index in [4.69, 9.17) is 10.5 Å². The first-order valence-corrected chi connectivity index (χ1v) is 7.20. The molecule has 0 radical (unpaired) electrons. The van der Waals surface area contributed by atoms with Gasteiger partial charge in [0.2, 0.25) is 0 Å². The van der Waals surface area contributed by atoms with E-state index in [1.54, 1.807) is 6.92 Å². The maximum atomic E-state index is 11.2. The number of morpholine rings is 1. The number of nitrogens with two attached hydrogens (primary N) is 1. The van der Waals surface area contributed by atoms with E-state index >= 15 is 0 Å². The molecule has 1 aliphatic heterocycles. The monoisotopic (exact) mass is 377 g/mol. The molecule has 0 aromatic carbocycles. The highest BCUT2D eigenvalue weighted by molar-refractivity contribution is 14.0. The molecule has 8 heteroatoms. The summed E-state index contributed by atoms with van der Waals surface area (Å²) in [5, 5.41) is 0. The van der Waals surface area contributed by atoms with Crippen molar-refractivity contribution < 1.29 is 13.2 Å². The van der Waals surface area contributed by atoms with Gasteiger partial charge < -0.3 is 15.4 Å². The fourth-order valence-electron chi connectivity index (χ4n) is 1.34. The third-order valence-corrected chi connectivity index (χ3v) is 4.14. The zero-order chi connectivity index (χ0) is 12.0. The van der Waals surface area contributed by atoms with Crippen LogP contribution in [0.4, 0.5) is 0 Å². The number of sulfone groups is 1. The van der Waals surface area contributed by atoms with Gasteiger partial charge in [0.15, 0.2) is 15.8 Å². The fraction of sp³-hybridized carbons (Fsp3) is 0.889. The van der Waals surface area contributed by atoms with E-state index in [1.165, 1.54) is 0 Å². The van der Waals surface area contributed by atoms with Crippen LogP contribution in [0.25, 0.3) is 0 Å². The first kappa shape index (κ1) is 16.9. The molecule has 0 amide bonds. The first-order chi connectivity index (χ1) is 7.55. The molecule has 102 valence electrons. The van der Waals surface area contributed by atoms with E-state index in [-0.39, 0.29) is 42.0 Å². The highest BCUT2D eigenvalue weighted by Gasteiger charge is 2.12. The minimum atomic E-state index is -2.95. The molecule has 0 aromatic heterocycles. The fourth-order valence-corrected chi connectivity index (χ4v) is 1.99. The van der Waals surface area contributed by atoms with Gasteiger partial charge in [-0.3, -0.25) is 4.99 Å². The quantitative estimate of drug-likeness (QED) is 0.413. The lowest BCUT2D eigenvalue weighted by Gasteiger charge is -2.27. The van der Waals surface area contributed by atoms with Crippen molar-refractivity contribution in [2.75, 3.05) is 44.4 Å². The van der Waals surface area contributed by atoms with Gasteiger partial charge in [-0.25, -0.2) is 8.42 Å². The summed E-state index contributed by atoms with van der Waals surface area (Å²) in [5.74, 6) is 0.628. The third-order valence-electron chi connectivity index (χ3n) is 2.45. The van der Waals surface area contributed by atoms with Crippen molar-refractivity contribution in [2.45, 2.75) is 6.92 Å². The van der Waals surface area contributed by atoms with Gasteiger partial charge >= 0.3 is 0 Å². The van der Waals surface area contributed by atoms with Gasteiger partial charge in [0.05, 0.1) is 25.5 Å². The minimum absolute atomic E-state index is 0. The molecule has 1 heterocycles. The molecule has 6 nitrogen and oxygen atoms in total. The number of nitrogens with zero attached hydrogens (tertiary/aromatic N) is 2. The molecule has 1 rings (SSSR count). The van der Waals surface area contributed by atoms with Crippen LogP contribution in [0, 0.1) is 0 Å². The van der Waals surface area contributed by atoms with Crippen molar-refractivity contribution in [3.63, 3.8) is 0 Å². The summed E-state index contributed by atoms with van der Waals surface area (Å²) < 4.78 is 27.6. The van der Waals surface area contributed by atoms with Gasteiger partial charge in [-0.05, 0) is 0 Å². The predicted molar refractivity (Wildman–Crippen MR) is 78.6 cm³/mol. The lowest BCUT2D eigenvalue weighted by Crippen LogP contribution is -2.45. The molecule has 17 heavy (non-hydrogen) atoms. The van der Waals surface area contributed by atoms with Crippen LogP contribution in [-0.4, -0.2) is 63.6 Å². The summed E-state index contributed by atoms with van der Waals surface area (Å²) in [6.45, 7) is 4.59. The summed E-state index contributed by atoms with van der Waals surface area (Å²) in [4.78, 5) is 5.97. The second kappa shape index (κ2) is 8.09. The van der Waals surface area contributed by atoms with Gasteiger partial charge in [-0.15, -0.1) is 24.0 Å². The number of ether oxygens (including phenoxy) is 1. The Hall–Kier alpha value is -0.0900. The highest BCUT2D eigenvalue weighted by Crippen LogP contribution is 1.96. The standard InChI is InChI=1S/C9H19N3O3S.HI/c1-2-16(13,14)8-3-11-9(10)12-4-6-15-7-5-12;/h2-8H2,1H3,(H2,10,11);1H. The van der Waals surface area contributed by atoms with Crippen molar-refractivity contribution in [1.29, 1.82) is 0 Å². The average Bonchev–Trinajstić information content (AvgIpc) is 2.30. The molecule has 0 unspecified atom stereocenters. The van der Waals surface area contributed by atoms with Crippen molar-refractivity contribution in [3.05, 3.63) is 0 Å². The Labute approximate surface area is 120 Å². The van der Waals surface area contributed by atoms with E-state index < -0.39 is 9.84 Å². The average molecular weight is 377 g/mol. The Morgan fingerprint density at radius 3 is 2.53 bits per heavy atom.